The van der Waals surface area contributed by atoms with Crippen LogP contribution in [0.1, 0.15) is 41.6 Å². The molecule has 1 aliphatic carbocycles. The predicted molar refractivity (Wildman–Crippen MR) is 105 cm³/mol. The number of carbonyl (C=O) groups excluding carboxylic acids is 1. The van der Waals surface area contributed by atoms with Crippen LogP contribution in [0.4, 0.5) is 0 Å². The van der Waals surface area contributed by atoms with Crippen molar-refractivity contribution in [1.82, 2.24) is 5.32 Å². The van der Waals surface area contributed by atoms with Crippen LogP contribution in [0.2, 0.25) is 0 Å². The van der Waals surface area contributed by atoms with E-state index < -0.39 is 12.6 Å². The zero-order valence-corrected chi connectivity index (χ0v) is 15.9. The fourth-order valence-electron chi connectivity index (χ4n) is 3.90. The van der Waals surface area contributed by atoms with Crippen LogP contribution in [0.15, 0.2) is 48.5 Å². The molecule has 0 aromatic heterocycles. The Bertz CT molecular complexity index is 842. The molecule has 2 aromatic carbocycles. The third kappa shape index (κ3) is 4.44. The van der Waals surface area contributed by atoms with E-state index in [4.69, 9.17) is 14.6 Å². The van der Waals surface area contributed by atoms with Crippen molar-refractivity contribution in [3.63, 3.8) is 0 Å². The highest BCUT2D eigenvalue weighted by atomic mass is 16.5. The Morgan fingerprint density at radius 1 is 1.11 bits per heavy atom. The van der Waals surface area contributed by atoms with E-state index in [2.05, 4.69) is 11.4 Å². The van der Waals surface area contributed by atoms with E-state index in [0.29, 0.717) is 17.9 Å². The summed E-state index contributed by atoms with van der Waals surface area (Å²) in [6, 6.07) is 14.5. The van der Waals surface area contributed by atoms with Gasteiger partial charge in [-0.3, -0.25) is 4.79 Å². The maximum absolute atomic E-state index is 12.7. The molecule has 1 amide bonds. The molecule has 2 aromatic rings. The van der Waals surface area contributed by atoms with E-state index in [-0.39, 0.29) is 11.3 Å². The number of carboxylic acid groups (broad SMARTS) is 1. The van der Waals surface area contributed by atoms with Gasteiger partial charge in [0.25, 0.3) is 5.91 Å². The molecule has 0 heterocycles. The summed E-state index contributed by atoms with van der Waals surface area (Å²) in [6.45, 7) is 0.0778. The third-order valence-electron chi connectivity index (χ3n) is 5.28. The van der Waals surface area contributed by atoms with Gasteiger partial charge in [0, 0.05) is 23.1 Å². The Balaban J connectivity index is 1.73. The van der Waals surface area contributed by atoms with Gasteiger partial charge >= 0.3 is 5.97 Å². The number of methoxy groups -OCH3 is 1. The predicted octanol–water partition coefficient (Wildman–Crippen LogP) is 3.40. The summed E-state index contributed by atoms with van der Waals surface area (Å²) < 4.78 is 10.7. The van der Waals surface area contributed by atoms with Crippen LogP contribution < -0.4 is 14.8 Å². The van der Waals surface area contributed by atoms with E-state index in [9.17, 15) is 9.59 Å². The number of carboxylic acids is 1. The van der Waals surface area contributed by atoms with Crippen LogP contribution in [-0.2, 0) is 10.2 Å². The fourth-order valence-corrected chi connectivity index (χ4v) is 3.90. The van der Waals surface area contributed by atoms with Crippen LogP contribution in [0, 0.1) is 0 Å². The molecule has 28 heavy (non-hydrogen) atoms. The SMILES string of the molecule is COc1ccccc1C1(CNC(=O)c2cccc(OCC(=O)O)c2)CCCC1. The smallest absolute Gasteiger partial charge is 0.341 e. The van der Waals surface area contributed by atoms with Crippen LogP contribution in [0.5, 0.6) is 11.5 Å². The van der Waals surface area contributed by atoms with Crippen LogP contribution in [0.25, 0.3) is 0 Å². The second-order valence-electron chi connectivity index (χ2n) is 7.08. The standard InChI is InChI=1S/C22H25NO5/c1-27-19-10-3-2-9-18(19)22(11-4-5-12-22)15-23-21(26)16-7-6-8-17(13-16)28-14-20(24)25/h2-3,6-10,13H,4-5,11-12,14-15H2,1H3,(H,23,26)(H,24,25). The Labute approximate surface area is 164 Å². The maximum atomic E-state index is 12.7. The molecule has 3 rings (SSSR count). The van der Waals surface area contributed by atoms with E-state index >= 15 is 0 Å². The monoisotopic (exact) mass is 383 g/mol. The van der Waals surface area contributed by atoms with Crippen molar-refractivity contribution in [3.8, 4) is 11.5 Å². The quantitative estimate of drug-likeness (QED) is 0.730. The van der Waals surface area contributed by atoms with Gasteiger partial charge in [0.2, 0.25) is 0 Å². The van der Waals surface area contributed by atoms with Gasteiger partial charge in [0.15, 0.2) is 6.61 Å². The molecular formula is C22H25NO5. The number of rotatable bonds is 8. The Morgan fingerprint density at radius 3 is 2.57 bits per heavy atom. The number of aliphatic carboxylic acids is 1. The normalized spacial score (nSPS) is 15.0. The summed E-state index contributed by atoms with van der Waals surface area (Å²) in [6.07, 6.45) is 4.23. The highest BCUT2D eigenvalue weighted by molar-refractivity contribution is 5.94. The van der Waals surface area contributed by atoms with Gasteiger partial charge in [-0.2, -0.15) is 0 Å². The number of amides is 1. The average molecular weight is 383 g/mol. The summed E-state index contributed by atoms with van der Waals surface area (Å²) in [5, 5.41) is 11.8. The van der Waals surface area contributed by atoms with Gasteiger partial charge in [0.05, 0.1) is 7.11 Å². The van der Waals surface area contributed by atoms with Crippen molar-refractivity contribution < 1.29 is 24.2 Å². The van der Waals surface area contributed by atoms with Gasteiger partial charge in [0.1, 0.15) is 11.5 Å². The lowest BCUT2D eigenvalue weighted by Gasteiger charge is -2.31. The van der Waals surface area contributed by atoms with Crippen molar-refractivity contribution in [2.24, 2.45) is 0 Å². The molecule has 6 nitrogen and oxygen atoms in total. The lowest BCUT2D eigenvalue weighted by molar-refractivity contribution is -0.139. The van der Waals surface area contributed by atoms with E-state index in [1.165, 1.54) is 0 Å². The lowest BCUT2D eigenvalue weighted by Crippen LogP contribution is -2.39. The Morgan fingerprint density at radius 2 is 1.86 bits per heavy atom. The minimum atomic E-state index is -1.06. The van der Waals surface area contributed by atoms with Crippen molar-refractivity contribution in [2.75, 3.05) is 20.3 Å². The molecule has 6 heteroatoms. The number of benzene rings is 2. The average Bonchev–Trinajstić information content (AvgIpc) is 3.20. The molecule has 2 N–H and O–H groups in total. The third-order valence-corrected chi connectivity index (χ3v) is 5.28. The summed E-state index contributed by atoms with van der Waals surface area (Å²) in [7, 11) is 1.67. The van der Waals surface area contributed by atoms with Crippen molar-refractivity contribution >= 4 is 11.9 Å². The lowest BCUT2D eigenvalue weighted by atomic mass is 9.78. The molecule has 0 saturated heterocycles. The van der Waals surface area contributed by atoms with Crippen molar-refractivity contribution in [2.45, 2.75) is 31.1 Å². The molecule has 0 atom stereocenters. The van der Waals surface area contributed by atoms with Crippen LogP contribution in [-0.4, -0.2) is 37.2 Å². The number of hydrogen-bond donors (Lipinski definition) is 2. The number of hydrogen-bond acceptors (Lipinski definition) is 4. The molecule has 1 aliphatic rings. The van der Waals surface area contributed by atoms with Gasteiger partial charge in [-0.25, -0.2) is 4.79 Å². The van der Waals surface area contributed by atoms with Gasteiger partial charge in [-0.1, -0.05) is 37.1 Å². The minimum absolute atomic E-state index is 0.139. The first-order valence-electron chi connectivity index (χ1n) is 9.40. The molecule has 0 unspecified atom stereocenters. The molecule has 0 radical (unpaired) electrons. The molecule has 0 aliphatic heterocycles. The van der Waals surface area contributed by atoms with E-state index in [1.54, 1.807) is 31.4 Å². The number of ether oxygens (including phenoxy) is 2. The molecule has 0 spiro atoms. The van der Waals surface area contributed by atoms with Crippen LogP contribution >= 0.6 is 0 Å². The molecular weight excluding hydrogens is 358 g/mol. The highest BCUT2D eigenvalue weighted by Gasteiger charge is 2.38. The number of para-hydroxylation sites is 1. The van der Waals surface area contributed by atoms with Gasteiger partial charge in [-0.05, 0) is 37.1 Å². The summed E-state index contributed by atoms with van der Waals surface area (Å²) in [5.41, 5.74) is 1.43. The first-order chi connectivity index (χ1) is 13.5. The largest absolute Gasteiger partial charge is 0.496 e. The summed E-state index contributed by atoms with van der Waals surface area (Å²) in [4.78, 5) is 23.4. The maximum Gasteiger partial charge on any atom is 0.341 e. The molecule has 148 valence electrons. The Kier molecular flexibility index (Phi) is 6.19. The zero-order valence-electron chi connectivity index (χ0n) is 15.9. The zero-order chi connectivity index (χ0) is 20.0. The number of nitrogens with one attached hydrogen (secondary N) is 1. The van der Waals surface area contributed by atoms with Crippen molar-refractivity contribution in [3.05, 3.63) is 59.7 Å². The van der Waals surface area contributed by atoms with Crippen molar-refractivity contribution in [1.29, 1.82) is 0 Å². The summed E-state index contributed by atoms with van der Waals surface area (Å²) in [5.74, 6) is -0.0603. The highest BCUT2D eigenvalue weighted by Crippen LogP contribution is 2.44. The van der Waals surface area contributed by atoms with E-state index in [1.807, 2.05) is 18.2 Å². The minimum Gasteiger partial charge on any atom is -0.496 e. The Hall–Kier alpha value is -3.02. The first-order valence-corrected chi connectivity index (χ1v) is 9.40. The summed E-state index contributed by atoms with van der Waals surface area (Å²) >= 11 is 0. The second kappa shape index (κ2) is 8.78. The van der Waals surface area contributed by atoms with Gasteiger partial charge in [-0.15, -0.1) is 0 Å². The first kappa shape index (κ1) is 19.7. The van der Waals surface area contributed by atoms with Crippen LogP contribution in [0.3, 0.4) is 0 Å². The number of carbonyl (C=O) groups is 2. The molecule has 0 bridgehead atoms. The fraction of sp³-hybridized carbons (Fsp3) is 0.364. The second-order valence-corrected chi connectivity index (χ2v) is 7.08. The topological polar surface area (TPSA) is 84.9 Å². The van der Waals surface area contributed by atoms with E-state index in [0.717, 1.165) is 37.0 Å². The molecule has 1 saturated carbocycles. The molecule has 1 fully saturated rings. The van der Waals surface area contributed by atoms with Gasteiger partial charge < -0.3 is 19.9 Å².